The fourth-order valence-electron chi connectivity index (χ4n) is 3.25. The first-order chi connectivity index (χ1) is 11.1. The molecule has 2 amide bonds. The van der Waals surface area contributed by atoms with Crippen molar-refractivity contribution in [2.45, 2.75) is 42.5 Å². The van der Waals surface area contributed by atoms with Crippen molar-refractivity contribution in [3.8, 4) is 0 Å². The number of fused-ring (bicyclic) bond motifs is 1. The smallest absolute Gasteiger partial charge is 0.327 e. The van der Waals surface area contributed by atoms with Crippen LogP contribution in [0.25, 0.3) is 0 Å². The van der Waals surface area contributed by atoms with E-state index in [-0.39, 0.29) is 11.8 Å². The molecule has 2 aliphatic rings. The topological polar surface area (TPSA) is 86.7 Å². The summed E-state index contributed by atoms with van der Waals surface area (Å²) >= 11 is 7.20. The molecule has 0 unspecified atom stereocenters. The molecule has 2 heterocycles. The fourth-order valence-corrected chi connectivity index (χ4v) is 5.02. The Bertz CT molecular complexity index is 736. The molecule has 0 aromatic heterocycles. The van der Waals surface area contributed by atoms with Gasteiger partial charge < -0.3 is 15.3 Å². The Morgan fingerprint density at radius 1 is 1.25 bits per heavy atom. The summed E-state index contributed by atoms with van der Waals surface area (Å²) in [6.07, 6.45) is 0. The van der Waals surface area contributed by atoms with Crippen LogP contribution in [-0.2, 0) is 9.59 Å². The number of nitrogens with one attached hydrogen (secondary N) is 1. The number of rotatable bonds is 3. The summed E-state index contributed by atoms with van der Waals surface area (Å²) in [5.74, 6) is -1.80. The van der Waals surface area contributed by atoms with Gasteiger partial charge in [-0.25, -0.2) is 4.79 Å². The van der Waals surface area contributed by atoms with E-state index in [1.807, 2.05) is 0 Å². The second-order valence-corrected chi connectivity index (χ2v) is 8.86. The van der Waals surface area contributed by atoms with E-state index < -0.39 is 27.7 Å². The SMILES string of the molecule is CC1(C)S[C@H]2N(C(=O)[C@]2(C)NC(=O)c2ccc(Cl)cc2)[C@H]1C(=O)O. The number of aliphatic carboxylic acids is 1. The highest BCUT2D eigenvalue weighted by molar-refractivity contribution is 8.01. The molecule has 0 spiro atoms. The fraction of sp³-hybridized carbons (Fsp3) is 0.438. The van der Waals surface area contributed by atoms with Crippen molar-refractivity contribution in [2.24, 2.45) is 0 Å². The zero-order valence-corrected chi connectivity index (χ0v) is 14.9. The number of carbonyl (C=O) groups excluding carboxylic acids is 2. The Labute approximate surface area is 148 Å². The lowest BCUT2D eigenvalue weighted by Crippen LogP contribution is -2.78. The summed E-state index contributed by atoms with van der Waals surface area (Å²) in [6, 6.07) is 5.45. The molecule has 2 N–H and O–H groups in total. The van der Waals surface area contributed by atoms with Crippen molar-refractivity contribution in [1.82, 2.24) is 10.2 Å². The normalized spacial score (nSPS) is 30.5. The number of amides is 2. The number of carboxylic acids is 1. The zero-order valence-electron chi connectivity index (χ0n) is 13.4. The van der Waals surface area contributed by atoms with E-state index in [9.17, 15) is 19.5 Å². The van der Waals surface area contributed by atoms with Crippen LogP contribution < -0.4 is 5.32 Å². The van der Waals surface area contributed by atoms with Crippen LogP contribution in [0.1, 0.15) is 31.1 Å². The number of hydrogen-bond acceptors (Lipinski definition) is 4. The number of β-lactam (4-membered cyclic amide) rings is 1. The predicted octanol–water partition coefficient (Wildman–Crippen LogP) is 1.98. The lowest BCUT2D eigenvalue weighted by molar-refractivity contribution is -0.165. The summed E-state index contributed by atoms with van der Waals surface area (Å²) in [4.78, 5) is 37.9. The minimum absolute atomic E-state index is 0.375. The largest absolute Gasteiger partial charge is 0.480 e. The molecule has 0 radical (unpaired) electrons. The molecule has 3 atom stereocenters. The molecule has 0 bridgehead atoms. The van der Waals surface area contributed by atoms with Crippen molar-refractivity contribution in [1.29, 1.82) is 0 Å². The first kappa shape index (κ1) is 17.1. The Morgan fingerprint density at radius 3 is 2.38 bits per heavy atom. The highest BCUT2D eigenvalue weighted by atomic mass is 35.5. The summed E-state index contributed by atoms with van der Waals surface area (Å²) < 4.78 is -0.630. The van der Waals surface area contributed by atoms with Gasteiger partial charge in [0.15, 0.2) is 0 Å². The summed E-state index contributed by atoms with van der Waals surface area (Å²) in [7, 11) is 0. The Kier molecular flexibility index (Phi) is 3.84. The number of nitrogens with zero attached hydrogens (tertiary/aromatic N) is 1. The molecule has 0 saturated carbocycles. The van der Waals surface area contributed by atoms with Gasteiger partial charge in [-0.3, -0.25) is 9.59 Å². The molecular formula is C16H17ClN2O4S. The third-order valence-electron chi connectivity index (χ3n) is 4.49. The minimum Gasteiger partial charge on any atom is -0.480 e. The highest BCUT2D eigenvalue weighted by Gasteiger charge is 2.70. The standard InChI is InChI=1S/C16H17ClN2O4S/c1-15(2)10(12(21)22)19-13(23)16(3,14(19)24-15)18-11(20)8-4-6-9(17)7-5-8/h4-7,10,14H,1-3H3,(H,18,20)(H,21,22)/t10-,14+,16-/m0/s1. The number of carboxylic acid groups (broad SMARTS) is 1. The summed E-state index contributed by atoms with van der Waals surface area (Å²) in [5.41, 5.74) is -0.730. The van der Waals surface area contributed by atoms with Crippen LogP contribution in [0.2, 0.25) is 5.02 Å². The molecule has 2 saturated heterocycles. The van der Waals surface area contributed by atoms with Gasteiger partial charge in [-0.1, -0.05) is 11.6 Å². The van der Waals surface area contributed by atoms with Crippen LogP contribution in [0, 0.1) is 0 Å². The summed E-state index contributed by atoms with van der Waals surface area (Å²) in [5, 5.41) is 12.3. The van der Waals surface area contributed by atoms with Gasteiger partial charge in [0.1, 0.15) is 17.0 Å². The highest BCUT2D eigenvalue weighted by Crippen LogP contribution is 2.54. The quantitative estimate of drug-likeness (QED) is 0.796. The monoisotopic (exact) mass is 368 g/mol. The maximum Gasteiger partial charge on any atom is 0.327 e. The van der Waals surface area contributed by atoms with E-state index in [0.717, 1.165) is 0 Å². The van der Waals surface area contributed by atoms with Gasteiger partial charge in [-0.2, -0.15) is 0 Å². The van der Waals surface area contributed by atoms with Crippen LogP contribution in [0.4, 0.5) is 0 Å². The molecule has 1 aromatic carbocycles. The second kappa shape index (κ2) is 5.39. The number of carbonyl (C=O) groups is 3. The zero-order chi connectivity index (χ0) is 17.9. The molecule has 2 aliphatic heterocycles. The lowest BCUT2D eigenvalue weighted by atomic mass is 9.86. The van der Waals surface area contributed by atoms with Crippen molar-refractivity contribution in [3.63, 3.8) is 0 Å². The average molecular weight is 369 g/mol. The van der Waals surface area contributed by atoms with Crippen molar-refractivity contribution < 1.29 is 19.5 Å². The van der Waals surface area contributed by atoms with Crippen molar-refractivity contribution in [3.05, 3.63) is 34.9 Å². The van der Waals surface area contributed by atoms with Gasteiger partial charge in [0.05, 0.1) is 0 Å². The molecule has 1 aromatic rings. The number of hydrogen-bond donors (Lipinski definition) is 2. The third-order valence-corrected chi connectivity index (χ3v) is 6.50. The Balaban J connectivity index is 1.83. The van der Waals surface area contributed by atoms with Crippen LogP contribution in [-0.4, -0.2) is 49.5 Å². The molecule has 8 heteroatoms. The number of thioether (sulfide) groups is 1. The summed E-state index contributed by atoms with van der Waals surface area (Å²) in [6.45, 7) is 5.23. The van der Waals surface area contributed by atoms with Gasteiger partial charge in [-0.15, -0.1) is 11.8 Å². The first-order valence-electron chi connectivity index (χ1n) is 7.39. The van der Waals surface area contributed by atoms with Gasteiger partial charge >= 0.3 is 5.97 Å². The van der Waals surface area contributed by atoms with E-state index in [4.69, 9.17) is 11.6 Å². The molecule has 6 nitrogen and oxygen atoms in total. The average Bonchev–Trinajstić information content (AvgIpc) is 2.77. The Hall–Kier alpha value is -1.73. The maximum atomic E-state index is 12.6. The van der Waals surface area contributed by atoms with E-state index in [1.54, 1.807) is 45.0 Å². The number of halogens is 1. The van der Waals surface area contributed by atoms with Crippen LogP contribution in [0.5, 0.6) is 0 Å². The van der Waals surface area contributed by atoms with E-state index >= 15 is 0 Å². The molecule has 2 fully saturated rings. The molecule has 128 valence electrons. The van der Waals surface area contributed by atoms with E-state index in [1.165, 1.54) is 16.7 Å². The van der Waals surface area contributed by atoms with Crippen LogP contribution in [0.3, 0.4) is 0 Å². The Morgan fingerprint density at radius 2 is 1.83 bits per heavy atom. The van der Waals surface area contributed by atoms with Gasteiger partial charge in [0, 0.05) is 15.3 Å². The predicted molar refractivity (Wildman–Crippen MR) is 91.1 cm³/mol. The molecule has 0 aliphatic carbocycles. The van der Waals surface area contributed by atoms with Gasteiger partial charge in [0.2, 0.25) is 0 Å². The van der Waals surface area contributed by atoms with E-state index in [2.05, 4.69) is 5.32 Å². The maximum absolute atomic E-state index is 12.6. The molecule has 3 rings (SSSR count). The number of benzene rings is 1. The minimum atomic E-state index is -1.12. The first-order valence-corrected chi connectivity index (χ1v) is 8.65. The van der Waals surface area contributed by atoms with Crippen LogP contribution in [0.15, 0.2) is 24.3 Å². The molecular weight excluding hydrogens is 352 g/mol. The van der Waals surface area contributed by atoms with E-state index in [0.29, 0.717) is 10.6 Å². The lowest BCUT2D eigenvalue weighted by Gasteiger charge is -2.51. The van der Waals surface area contributed by atoms with Gasteiger partial charge in [0.25, 0.3) is 11.8 Å². The van der Waals surface area contributed by atoms with Gasteiger partial charge in [-0.05, 0) is 45.0 Å². The second-order valence-electron chi connectivity index (χ2n) is 6.69. The van der Waals surface area contributed by atoms with Crippen molar-refractivity contribution >= 4 is 41.1 Å². The molecule has 24 heavy (non-hydrogen) atoms. The third kappa shape index (κ3) is 2.38. The van der Waals surface area contributed by atoms with Crippen LogP contribution >= 0.6 is 23.4 Å². The van der Waals surface area contributed by atoms with Crippen molar-refractivity contribution in [2.75, 3.05) is 0 Å².